The SMILES string of the molecule is C.CC1(NC(=O)c2cccc(C#N)c2)CCN(CCC2=CC=CCC2CF)C1=O. The summed E-state index contributed by atoms with van der Waals surface area (Å²) in [6.07, 6.45) is 7.69. The molecule has 29 heavy (non-hydrogen) atoms. The third-order valence-corrected chi connectivity index (χ3v) is 5.53. The van der Waals surface area contributed by atoms with Crippen LogP contribution in [0.15, 0.2) is 48.1 Å². The molecule has 154 valence electrons. The Bertz CT molecular complexity index is 871. The van der Waals surface area contributed by atoms with E-state index < -0.39 is 5.54 Å². The van der Waals surface area contributed by atoms with E-state index in [4.69, 9.17) is 5.26 Å². The zero-order chi connectivity index (χ0) is 20.1. The van der Waals surface area contributed by atoms with Crippen molar-refractivity contribution >= 4 is 11.8 Å². The number of nitriles is 1. The van der Waals surface area contributed by atoms with Crippen LogP contribution in [-0.4, -0.2) is 42.0 Å². The number of benzene rings is 1. The lowest BCUT2D eigenvalue weighted by Crippen LogP contribution is -2.52. The van der Waals surface area contributed by atoms with Crippen LogP contribution in [0, 0.1) is 17.2 Å². The van der Waals surface area contributed by atoms with E-state index in [2.05, 4.69) is 5.32 Å². The highest BCUT2D eigenvalue weighted by atomic mass is 19.1. The van der Waals surface area contributed by atoms with Crippen molar-refractivity contribution in [1.82, 2.24) is 10.2 Å². The summed E-state index contributed by atoms with van der Waals surface area (Å²) in [6.45, 7) is 2.41. The van der Waals surface area contributed by atoms with E-state index >= 15 is 0 Å². The number of nitrogens with one attached hydrogen (secondary N) is 1. The Kier molecular flexibility index (Phi) is 7.33. The van der Waals surface area contributed by atoms with Gasteiger partial charge >= 0.3 is 0 Å². The molecule has 5 nitrogen and oxygen atoms in total. The lowest BCUT2D eigenvalue weighted by Gasteiger charge is -2.26. The van der Waals surface area contributed by atoms with Gasteiger partial charge in [0.2, 0.25) is 5.91 Å². The smallest absolute Gasteiger partial charge is 0.252 e. The number of nitrogens with zero attached hydrogens (tertiary/aromatic N) is 2. The standard InChI is InChI=1S/C22H24FN3O2.CH4/c1-22(25-20(27)18-8-4-5-16(13-18)15-24)10-12-26(21(22)28)11-9-17-6-2-3-7-19(17)14-23;/h2-6,8,13,19H,7,9-12,14H2,1H3,(H,25,27);1H4. The Labute approximate surface area is 171 Å². The van der Waals surface area contributed by atoms with Crippen LogP contribution < -0.4 is 5.32 Å². The van der Waals surface area contributed by atoms with Gasteiger partial charge in [-0.2, -0.15) is 5.26 Å². The Hall–Kier alpha value is -2.94. The molecule has 1 fully saturated rings. The molecule has 1 N–H and O–H groups in total. The van der Waals surface area contributed by atoms with Gasteiger partial charge in [0.25, 0.3) is 5.91 Å². The van der Waals surface area contributed by atoms with Crippen molar-refractivity contribution < 1.29 is 14.0 Å². The summed E-state index contributed by atoms with van der Waals surface area (Å²) in [7, 11) is 0. The molecule has 1 heterocycles. The van der Waals surface area contributed by atoms with E-state index in [1.165, 1.54) is 6.07 Å². The van der Waals surface area contributed by atoms with Crippen LogP contribution in [-0.2, 0) is 4.79 Å². The number of rotatable bonds is 6. The molecule has 6 heteroatoms. The van der Waals surface area contributed by atoms with Crippen molar-refractivity contribution in [3.8, 4) is 6.07 Å². The number of halogens is 1. The summed E-state index contributed by atoms with van der Waals surface area (Å²) in [4.78, 5) is 27.2. The average Bonchev–Trinajstić information content (AvgIpc) is 3.00. The summed E-state index contributed by atoms with van der Waals surface area (Å²) in [5, 5.41) is 11.8. The summed E-state index contributed by atoms with van der Waals surface area (Å²) >= 11 is 0. The van der Waals surface area contributed by atoms with Crippen LogP contribution in [0.4, 0.5) is 4.39 Å². The highest BCUT2D eigenvalue weighted by Gasteiger charge is 2.43. The molecule has 0 aromatic heterocycles. The zero-order valence-corrected chi connectivity index (χ0v) is 16.0. The summed E-state index contributed by atoms with van der Waals surface area (Å²) in [5.74, 6) is -0.588. The second-order valence-corrected chi connectivity index (χ2v) is 7.53. The van der Waals surface area contributed by atoms with Crippen molar-refractivity contribution in [2.24, 2.45) is 5.92 Å². The first-order valence-corrected chi connectivity index (χ1v) is 9.50. The number of allylic oxidation sites excluding steroid dienone is 3. The lowest BCUT2D eigenvalue weighted by molar-refractivity contribution is -0.132. The molecule has 1 aromatic carbocycles. The number of amides is 2. The maximum absolute atomic E-state index is 13.2. The Morgan fingerprint density at radius 3 is 2.97 bits per heavy atom. The maximum Gasteiger partial charge on any atom is 0.252 e. The van der Waals surface area contributed by atoms with Crippen LogP contribution in [0.5, 0.6) is 0 Å². The zero-order valence-electron chi connectivity index (χ0n) is 16.0. The molecule has 1 aliphatic carbocycles. The molecule has 2 unspecified atom stereocenters. The summed E-state index contributed by atoms with van der Waals surface area (Å²) in [6, 6.07) is 8.41. The fraction of sp³-hybridized carbons (Fsp3) is 0.435. The lowest BCUT2D eigenvalue weighted by atomic mass is 9.90. The molecule has 1 aromatic rings. The molecule has 0 spiro atoms. The molecular formula is C23H28FN3O2. The molecule has 0 saturated carbocycles. The van der Waals surface area contributed by atoms with E-state index in [9.17, 15) is 14.0 Å². The van der Waals surface area contributed by atoms with E-state index in [1.807, 2.05) is 24.3 Å². The number of carbonyl (C=O) groups is 2. The summed E-state index contributed by atoms with van der Waals surface area (Å²) < 4.78 is 13.2. The van der Waals surface area contributed by atoms with Crippen molar-refractivity contribution in [3.05, 3.63) is 59.2 Å². The van der Waals surface area contributed by atoms with E-state index in [0.29, 0.717) is 43.5 Å². The van der Waals surface area contributed by atoms with E-state index in [-0.39, 0.29) is 31.8 Å². The first-order chi connectivity index (χ1) is 13.5. The highest BCUT2D eigenvalue weighted by Crippen LogP contribution is 2.27. The molecule has 2 amide bonds. The second kappa shape index (κ2) is 9.51. The van der Waals surface area contributed by atoms with Crippen LogP contribution in [0.1, 0.15) is 49.5 Å². The maximum atomic E-state index is 13.2. The highest BCUT2D eigenvalue weighted by molar-refractivity contribution is 6.00. The van der Waals surface area contributed by atoms with Crippen LogP contribution in [0.3, 0.4) is 0 Å². The minimum atomic E-state index is -0.972. The predicted octanol–water partition coefficient (Wildman–Crippen LogP) is 3.78. The Morgan fingerprint density at radius 2 is 2.24 bits per heavy atom. The van der Waals surface area contributed by atoms with Gasteiger partial charge in [-0.1, -0.05) is 37.3 Å². The number of likely N-dealkylation sites (tertiary alicyclic amines) is 1. The quantitative estimate of drug-likeness (QED) is 0.794. The third-order valence-electron chi connectivity index (χ3n) is 5.53. The monoisotopic (exact) mass is 397 g/mol. The van der Waals surface area contributed by atoms with Gasteiger partial charge in [0.1, 0.15) is 5.54 Å². The molecule has 2 aliphatic rings. The second-order valence-electron chi connectivity index (χ2n) is 7.53. The van der Waals surface area contributed by atoms with Gasteiger partial charge < -0.3 is 10.2 Å². The normalized spacial score (nSPS) is 23.2. The largest absolute Gasteiger partial charge is 0.340 e. The van der Waals surface area contributed by atoms with Gasteiger partial charge in [0.15, 0.2) is 0 Å². The number of alkyl halides is 1. The van der Waals surface area contributed by atoms with Gasteiger partial charge in [0, 0.05) is 24.6 Å². The number of hydrogen-bond donors (Lipinski definition) is 1. The molecular weight excluding hydrogens is 369 g/mol. The predicted molar refractivity (Wildman–Crippen MR) is 111 cm³/mol. The van der Waals surface area contributed by atoms with Crippen LogP contribution >= 0.6 is 0 Å². The van der Waals surface area contributed by atoms with Crippen LogP contribution in [0.2, 0.25) is 0 Å². The van der Waals surface area contributed by atoms with Crippen molar-refractivity contribution in [2.45, 2.75) is 39.2 Å². The average molecular weight is 397 g/mol. The first-order valence-electron chi connectivity index (χ1n) is 9.50. The van der Waals surface area contributed by atoms with E-state index in [0.717, 1.165) is 5.57 Å². The van der Waals surface area contributed by atoms with Crippen LogP contribution in [0.25, 0.3) is 0 Å². The minimum Gasteiger partial charge on any atom is -0.340 e. The van der Waals surface area contributed by atoms with Gasteiger partial charge in [-0.3, -0.25) is 14.0 Å². The van der Waals surface area contributed by atoms with Gasteiger partial charge in [-0.15, -0.1) is 0 Å². The first kappa shape index (κ1) is 22.4. The number of carbonyl (C=O) groups excluding carboxylic acids is 2. The van der Waals surface area contributed by atoms with Gasteiger partial charge in [0.05, 0.1) is 18.3 Å². The summed E-state index contributed by atoms with van der Waals surface area (Å²) in [5.41, 5.74) is 0.815. The fourth-order valence-electron chi connectivity index (χ4n) is 3.73. The van der Waals surface area contributed by atoms with Crippen molar-refractivity contribution in [2.75, 3.05) is 19.8 Å². The fourth-order valence-corrected chi connectivity index (χ4v) is 3.73. The van der Waals surface area contributed by atoms with Crippen molar-refractivity contribution in [1.29, 1.82) is 5.26 Å². The number of hydrogen-bond acceptors (Lipinski definition) is 3. The minimum absolute atomic E-state index is 0. The molecule has 2 atom stereocenters. The van der Waals surface area contributed by atoms with Gasteiger partial charge in [-0.25, -0.2) is 0 Å². The topological polar surface area (TPSA) is 73.2 Å². The molecule has 0 radical (unpaired) electrons. The third kappa shape index (κ3) is 4.92. The van der Waals surface area contributed by atoms with E-state index in [1.54, 1.807) is 30.0 Å². The molecule has 1 saturated heterocycles. The Balaban J connectivity index is 0.00000300. The van der Waals surface area contributed by atoms with Crippen molar-refractivity contribution in [3.63, 3.8) is 0 Å². The molecule has 0 bridgehead atoms. The molecule has 3 rings (SSSR count). The Morgan fingerprint density at radius 1 is 1.45 bits per heavy atom. The van der Waals surface area contributed by atoms with Gasteiger partial charge in [-0.05, 0) is 44.4 Å². The molecule has 1 aliphatic heterocycles.